The summed E-state index contributed by atoms with van der Waals surface area (Å²) in [5.41, 5.74) is 4.45. The predicted molar refractivity (Wildman–Crippen MR) is 110 cm³/mol. The maximum absolute atomic E-state index is 12.6. The van der Waals surface area contributed by atoms with Gasteiger partial charge in [0.25, 0.3) is 0 Å². The molecule has 2 aliphatic heterocycles. The second-order valence-electron chi connectivity index (χ2n) is 7.42. The molecule has 1 fully saturated rings. The SMILES string of the molecule is CCn1nc(CN2CCN(C(=O)Nc3cccc(OC)c3)CC2)c2c1CCOC2. The molecule has 1 aromatic heterocycles. The van der Waals surface area contributed by atoms with Crippen molar-refractivity contribution in [3.8, 4) is 5.75 Å². The Bertz CT molecular complexity index is 858. The fraction of sp³-hybridized carbons (Fsp3) is 0.524. The molecule has 0 atom stereocenters. The van der Waals surface area contributed by atoms with Gasteiger partial charge in [0.2, 0.25) is 0 Å². The number of aromatic nitrogens is 2. The number of nitrogens with zero attached hydrogens (tertiary/aromatic N) is 4. The zero-order valence-corrected chi connectivity index (χ0v) is 17.2. The number of hydrogen-bond donors (Lipinski definition) is 1. The third kappa shape index (κ3) is 4.38. The number of fused-ring (bicyclic) bond motifs is 1. The van der Waals surface area contributed by atoms with E-state index in [0.29, 0.717) is 19.7 Å². The molecule has 0 unspecified atom stereocenters. The number of ether oxygens (including phenoxy) is 2. The van der Waals surface area contributed by atoms with Crippen LogP contribution >= 0.6 is 0 Å². The minimum Gasteiger partial charge on any atom is -0.497 e. The van der Waals surface area contributed by atoms with Crippen molar-refractivity contribution >= 4 is 11.7 Å². The van der Waals surface area contributed by atoms with Gasteiger partial charge in [-0.1, -0.05) is 6.07 Å². The van der Waals surface area contributed by atoms with Crippen molar-refractivity contribution in [1.29, 1.82) is 0 Å². The van der Waals surface area contributed by atoms with Gasteiger partial charge in [-0.15, -0.1) is 0 Å². The Morgan fingerprint density at radius 3 is 2.86 bits per heavy atom. The minimum atomic E-state index is -0.0704. The summed E-state index contributed by atoms with van der Waals surface area (Å²) in [6.45, 7) is 8.33. The summed E-state index contributed by atoms with van der Waals surface area (Å²) in [5, 5.41) is 7.78. The Kier molecular flexibility index (Phi) is 6.01. The Balaban J connectivity index is 1.33. The maximum Gasteiger partial charge on any atom is 0.321 e. The van der Waals surface area contributed by atoms with Crippen molar-refractivity contribution in [2.45, 2.75) is 33.0 Å². The number of methoxy groups -OCH3 is 1. The highest BCUT2D eigenvalue weighted by Crippen LogP contribution is 2.23. The highest BCUT2D eigenvalue weighted by atomic mass is 16.5. The first kappa shape index (κ1) is 19.7. The van der Waals surface area contributed by atoms with Crippen molar-refractivity contribution in [2.75, 3.05) is 45.2 Å². The van der Waals surface area contributed by atoms with Crippen molar-refractivity contribution in [2.24, 2.45) is 0 Å². The molecule has 0 saturated carbocycles. The van der Waals surface area contributed by atoms with E-state index in [-0.39, 0.29) is 6.03 Å². The number of benzene rings is 1. The number of anilines is 1. The number of urea groups is 1. The lowest BCUT2D eigenvalue weighted by Crippen LogP contribution is -2.49. The van der Waals surface area contributed by atoms with Crippen molar-refractivity contribution < 1.29 is 14.3 Å². The molecular formula is C21H29N5O3. The van der Waals surface area contributed by atoms with Gasteiger partial charge in [0.05, 0.1) is 26.0 Å². The van der Waals surface area contributed by atoms with E-state index in [1.807, 2.05) is 29.2 Å². The van der Waals surface area contributed by atoms with Crippen LogP contribution in [0.15, 0.2) is 24.3 Å². The molecule has 8 nitrogen and oxygen atoms in total. The molecule has 156 valence electrons. The molecule has 8 heteroatoms. The molecule has 0 aliphatic carbocycles. The Morgan fingerprint density at radius 2 is 2.10 bits per heavy atom. The van der Waals surface area contributed by atoms with E-state index >= 15 is 0 Å². The van der Waals surface area contributed by atoms with E-state index in [0.717, 1.165) is 56.3 Å². The molecule has 0 spiro atoms. The average molecular weight is 399 g/mol. The smallest absolute Gasteiger partial charge is 0.321 e. The summed E-state index contributed by atoms with van der Waals surface area (Å²) in [7, 11) is 1.62. The van der Waals surface area contributed by atoms with Gasteiger partial charge in [0.1, 0.15) is 5.75 Å². The summed E-state index contributed by atoms with van der Waals surface area (Å²) in [6, 6.07) is 7.35. The number of rotatable bonds is 5. The molecule has 2 aliphatic rings. The second-order valence-corrected chi connectivity index (χ2v) is 7.42. The Hall–Kier alpha value is -2.58. The van der Waals surface area contributed by atoms with Gasteiger partial charge in [-0.05, 0) is 19.1 Å². The average Bonchev–Trinajstić information content (AvgIpc) is 3.12. The third-order valence-corrected chi connectivity index (χ3v) is 5.63. The fourth-order valence-electron chi connectivity index (χ4n) is 3.99. The van der Waals surface area contributed by atoms with E-state index in [1.165, 1.54) is 11.3 Å². The lowest BCUT2D eigenvalue weighted by molar-refractivity contribution is 0.106. The molecule has 0 radical (unpaired) electrons. The van der Waals surface area contributed by atoms with Crippen LogP contribution in [0, 0.1) is 0 Å². The topological polar surface area (TPSA) is 71.9 Å². The summed E-state index contributed by atoms with van der Waals surface area (Å²) in [4.78, 5) is 16.8. The van der Waals surface area contributed by atoms with Crippen LogP contribution in [0.2, 0.25) is 0 Å². The first-order chi connectivity index (χ1) is 14.2. The molecule has 2 amide bonds. The molecule has 1 aromatic carbocycles. The minimum absolute atomic E-state index is 0.0704. The highest BCUT2D eigenvalue weighted by Gasteiger charge is 2.25. The lowest BCUT2D eigenvalue weighted by atomic mass is 10.1. The summed E-state index contributed by atoms with van der Waals surface area (Å²) >= 11 is 0. The van der Waals surface area contributed by atoms with E-state index in [4.69, 9.17) is 14.6 Å². The summed E-state index contributed by atoms with van der Waals surface area (Å²) < 4.78 is 13.0. The molecule has 4 rings (SSSR count). The van der Waals surface area contributed by atoms with E-state index in [9.17, 15) is 4.79 Å². The summed E-state index contributed by atoms with van der Waals surface area (Å²) in [6.07, 6.45) is 0.939. The van der Waals surface area contributed by atoms with E-state index < -0.39 is 0 Å². The zero-order chi connectivity index (χ0) is 20.2. The predicted octanol–water partition coefficient (Wildman–Crippen LogP) is 2.33. The van der Waals surface area contributed by atoms with Crippen LogP contribution in [0.4, 0.5) is 10.5 Å². The van der Waals surface area contributed by atoms with Crippen LogP contribution in [0.3, 0.4) is 0 Å². The van der Waals surface area contributed by atoms with Crippen LogP contribution in [-0.4, -0.2) is 65.5 Å². The van der Waals surface area contributed by atoms with Gasteiger partial charge in [0, 0.05) is 68.7 Å². The Morgan fingerprint density at radius 1 is 1.28 bits per heavy atom. The van der Waals surface area contributed by atoms with Gasteiger partial charge < -0.3 is 19.7 Å². The Labute approximate surface area is 171 Å². The largest absolute Gasteiger partial charge is 0.497 e. The standard InChI is InChI=1S/C21H29N5O3/c1-3-26-20-7-12-29-15-18(20)19(23-26)14-24-8-10-25(11-9-24)21(27)22-16-5-4-6-17(13-16)28-2/h4-6,13H,3,7-12,14-15H2,1-2H3,(H,22,27). The molecule has 1 N–H and O–H groups in total. The molecule has 29 heavy (non-hydrogen) atoms. The quantitative estimate of drug-likeness (QED) is 0.836. The molecular weight excluding hydrogens is 370 g/mol. The fourth-order valence-corrected chi connectivity index (χ4v) is 3.99. The lowest BCUT2D eigenvalue weighted by Gasteiger charge is -2.34. The van der Waals surface area contributed by atoms with E-state index in [2.05, 4.69) is 21.8 Å². The van der Waals surface area contributed by atoms with Gasteiger partial charge in [-0.25, -0.2) is 4.79 Å². The zero-order valence-electron chi connectivity index (χ0n) is 17.2. The molecule has 3 heterocycles. The molecule has 1 saturated heterocycles. The van der Waals surface area contributed by atoms with Gasteiger partial charge in [-0.2, -0.15) is 5.10 Å². The number of hydrogen-bond acceptors (Lipinski definition) is 5. The first-order valence-electron chi connectivity index (χ1n) is 10.3. The van der Waals surface area contributed by atoms with Crippen LogP contribution in [0.1, 0.15) is 23.9 Å². The number of carbonyl (C=O) groups excluding carboxylic acids is 1. The van der Waals surface area contributed by atoms with Crippen LogP contribution in [0.25, 0.3) is 0 Å². The van der Waals surface area contributed by atoms with Crippen LogP contribution in [0.5, 0.6) is 5.75 Å². The van der Waals surface area contributed by atoms with Crippen molar-refractivity contribution in [3.63, 3.8) is 0 Å². The van der Waals surface area contributed by atoms with Gasteiger partial charge >= 0.3 is 6.03 Å². The van der Waals surface area contributed by atoms with Crippen LogP contribution in [-0.2, 0) is 30.9 Å². The van der Waals surface area contributed by atoms with E-state index in [1.54, 1.807) is 7.11 Å². The molecule has 0 bridgehead atoms. The normalized spacial score (nSPS) is 17.1. The number of carbonyl (C=O) groups is 1. The second kappa shape index (κ2) is 8.84. The number of nitrogens with one attached hydrogen (secondary N) is 1. The number of piperazine rings is 1. The highest BCUT2D eigenvalue weighted by molar-refractivity contribution is 5.89. The number of amides is 2. The molecule has 2 aromatic rings. The maximum atomic E-state index is 12.6. The van der Waals surface area contributed by atoms with Crippen molar-refractivity contribution in [1.82, 2.24) is 19.6 Å². The number of aryl methyl sites for hydroxylation is 1. The van der Waals surface area contributed by atoms with Crippen molar-refractivity contribution in [3.05, 3.63) is 41.2 Å². The third-order valence-electron chi connectivity index (χ3n) is 5.63. The summed E-state index contributed by atoms with van der Waals surface area (Å²) in [5.74, 6) is 0.728. The van der Waals surface area contributed by atoms with Gasteiger partial charge in [-0.3, -0.25) is 9.58 Å². The first-order valence-corrected chi connectivity index (χ1v) is 10.3. The van der Waals surface area contributed by atoms with Crippen LogP contribution < -0.4 is 10.1 Å². The monoisotopic (exact) mass is 399 g/mol. The van der Waals surface area contributed by atoms with Gasteiger partial charge in [0.15, 0.2) is 0 Å².